The van der Waals surface area contributed by atoms with Gasteiger partial charge in [0.25, 0.3) is 0 Å². The van der Waals surface area contributed by atoms with Gasteiger partial charge >= 0.3 is 0 Å². The number of likely N-dealkylation sites (N-methyl/N-ethyl adjacent to an activating group) is 1. The zero-order valence-corrected chi connectivity index (χ0v) is 15.1. The number of piperazine rings is 1. The van der Waals surface area contributed by atoms with Gasteiger partial charge in [-0.15, -0.1) is 0 Å². The number of halogens is 1. The van der Waals surface area contributed by atoms with E-state index in [9.17, 15) is 9.18 Å². The van der Waals surface area contributed by atoms with Crippen LogP contribution in [0.5, 0.6) is 0 Å². The Labute approximate surface area is 151 Å². The summed E-state index contributed by atoms with van der Waals surface area (Å²) in [4.78, 5) is 19.0. The number of amides is 1. The summed E-state index contributed by atoms with van der Waals surface area (Å²) in [5.41, 5.74) is 1.95. The second-order valence-corrected chi connectivity index (χ2v) is 7.91. The van der Waals surface area contributed by atoms with Crippen LogP contribution in [-0.2, 0) is 11.3 Å². The lowest BCUT2D eigenvalue weighted by Gasteiger charge is -2.47. The largest absolute Gasteiger partial charge is 0.309 e. The predicted molar refractivity (Wildman–Crippen MR) is 98.3 cm³/mol. The lowest BCUT2D eigenvalue weighted by atomic mass is 9.92. The van der Waals surface area contributed by atoms with Gasteiger partial charge in [-0.3, -0.25) is 14.6 Å². The van der Waals surface area contributed by atoms with Crippen molar-refractivity contribution in [3.05, 3.63) is 52.5 Å². The number of likely N-dealkylation sites (tertiary alicyclic amines) is 1. The number of carbonyl (C=O) groups is 1. The highest BCUT2D eigenvalue weighted by Crippen LogP contribution is 2.34. The highest BCUT2D eigenvalue weighted by Gasteiger charge is 2.47. The van der Waals surface area contributed by atoms with Crippen molar-refractivity contribution in [1.29, 1.82) is 0 Å². The Morgan fingerprint density at radius 3 is 2.92 bits per heavy atom. The first kappa shape index (κ1) is 16.7. The first-order valence-electron chi connectivity index (χ1n) is 8.56. The molecule has 132 valence electrons. The van der Waals surface area contributed by atoms with Crippen molar-refractivity contribution in [2.45, 2.75) is 18.5 Å². The average Bonchev–Trinajstić information content (AvgIpc) is 3.22. The second-order valence-electron chi connectivity index (χ2n) is 7.13. The minimum Gasteiger partial charge on any atom is -0.309 e. The van der Waals surface area contributed by atoms with Gasteiger partial charge in [-0.25, -0.2) is 4.39 Å². The molecule has 0 unspecified atom stereocenters. The summed E-state index contributed by atoms with van der Waals surface area (Å²) in [6.45, 7) is 3.89. The van der Waals surface area contributed by atoms with Crippen molar-refractivity contribution >= 4 is 22.9 Å². The third-order valence-corrected chi connectivity index (χ3v) is 6.19. The molecule has 2 fully saturated rings. The van der Waals surface area contributed by atoms with E-state index in [-0.39, 0.29) is 17.3 Å². The Morgan fingerprint density at radius 2 is 2.16 bits per heavy atom. The van der Waals surface area contributed by atoms with Gasteiger partial charge in [0.1, 0.15) is 5.82 Å². The number of hydrogen-bond donors (Lipinski definition) is 0. The van der Waals surface area contributed by atoms with Crippen LogP contribution in [0.15, 0.2) is 41.1 Å². The first-order chi connectivity index (χ1) is 12.1. The van der Waals surface area contributed by atoms with Gasteiger partial charge in [0, 0.05) is 31.9 Å². The third kappa shape index (κ3) is 3.21. The number of rotatable bonds is 3. The molecule has 1 spiro atoms. The van der Waals surface area contributed by atoms with E-state index in [0.717, 1.165) is 26.1 Å². The minimum absolute atomic E-state index is 0.0370. The molecule has 2 aromatic rings. The SMILES string of the molecule is CN1CC(=O)N(c2cccc(F)c2)C[C@@]12CCN(Cc1ccsc1)C2. The van der Waals surface area contributed by atoms with Crippen LogP contribution in [0.3, 0.4) is 0 Å². The Bertz CT molecular complexity index is 766. The van der Waals surface area contributed by atoms with E-state index in [4.69, 9.17) is 0 Å². The van der Waals surface area contributed by atoms with Gasteiger partial charge in [0.2, 0.25) is 5.91 Å². The molecule has 2 aliphatic heterocycles. The number of anilines is 1. The predicted octanol–water partition coefficient (Wildman–Crippen LogP) is 2.81. The molecule has 0 saturated carbocycles. The number of carbonyl (C=O) groups excluding carboxylic acids is 1. The van der Waals surface area contributed by atoms with Crippen LogP contribution in [0.4, 0.5) is 10.1 Å². The van der Waals surface area contributed by atoms with Crippen molar-refractivity contribution in [3.63, 3.8) is 0 Å². The van der Waals surface area contributed by atoms with Crippen LogP contribution < -0.4 is 4.90 Å². The quantitative estimate of drug-likeness (QED) is 0.843. The monoisotopic (exact) mass is 359 g/mol. The molecule has 2 saturated heterocycles. The highest BCUT2D eigenvalue weighted by atomic mass is 32.1. The van der Waals surface area contributed by atoms with Gasteiger partial charge in [0.05, 0.1) is 12.1 Å². The average molecular weight is 359 g/mol. The molecule has 1 aromatic heterocycles. The van der Waals surface area contributed by atoms with Crippen molar-refractivity contribution in [1.82, 2.24) is 9.80 Å². The molecular weight excluding hydrogens is 337 g/mol. The normalized spacial score (nSPS) is 25.2. The van der Waals surface area contributed by atoms with E-state index in [0.29, 0.717) is 18.8 Å². The van der Waals surface area contributed by atoms with Crippen molar-refractivity contribution < 1.29 is 9.18 Å². The molecule has 4 nitrogen and oxygen atoms in total. The summed E-state index contributed by atoms with van der Waals surface area (Å²) in [5, 5.41) is 4.30. The fourth-order valence-corrected chi connectivity index (χ4v) is 4.66. The number of hydrogen-bond acceptors (Lipinski definition) is 4. The fourth-order valence-electron chi connectivity index (χ4n) is 4.00. The summed E-state index contributed by atoms with van der Waals surface area (Å²) in [6, 6.07) is 8.52. The van der Waals surface area contributed by atoms with Crippen LogP contribution >= 0.6 is 11.3 Å². The molecule has 25 heavy (non-hydrogen) atoms. The van der Waals surface area contributed by atoms with Gasteiger partial charge in [0.15, 0.2) is 0 Å². The molecule has 1 atom stereocenters. The molecule has 0 N–H and O–H groups in total. The van der Waals surface area contributed by atoms with E-state index < -0.39 is 0 Å². The Morgan fingerprint density at radius 1 is 1.28 bits per heavy atom. The Hall–Kier alpha value is -1.76. The summed E-state index contributed by atoms with van der Waals surface area (Å²) in [6.07, 6.45) is 1.02. The molecule has 6 heteroatoms. The van der Waals surface area contributed by atoms with Gasteiger partial charge in [-0.1, -0.05) is 6.07 Å². The minimum atomic E-state index is -0.302. The molecule has 4 rings (SSSR count). The van der Waals surface area contributed by atoms with Gasteiger partial charge in [-0.2, -0.15) is 11.3 Å². The highest BCUT2D eigenvalue weighted by molar-refractivity contribution is 7.07. The lowest BCUT2D eigenvalue weighted by molar-refractivity contribution is -0.123. The summed E-state index contributed by atoms with van der Waals surface area (Å²) in [7, 11) is 2.04. The molecule has 1 aromatic carbocycles. The maximum absolute atomic E-state index is 13.6. The van der Waals surface area contributed by atoms with E-state index in [1.165, 1.54) is 17.7 Å². The number of benzene rings is 1. The van der Waals surface area contributed by atoms with Crippen LogP contribution in [0.2, 0.25) is 0 Å². The summed E-state index contributed by atoms with van der Waals surface area (Å²) < 4.78 is 13.6. The van der Waals surface area contributed by atoms with Crippen LogP contribution in [0, 0.1) is 5.82 Å². The van der Waals surface area contributed by atoms with Crippen molar-refractivity contribution in [2.75, 3.05) is 38.1 Å². The van der Waals surface area contributed by atoms with E-state index in [1.807, 2.05) is 13.1 Å². The molecule has 2 aliphatic rings. The van der Waals surface area contributed by atoms with E-state index in [2.05, 4.69) is 26.6 Å². The Balaban J connectivity index is 1.54. The van der Waals surface area contributed by atoms with Gasteiger partial charge in [-0.05, 0) is 54.1 Å². The number of nitrogens with zero attached hydrogens (tertiary/aromatic N) is 3. The fraction of sp³-hybridized carbons (Fsp3) is 0.421. The molecule has 0 radical (unpaired) electrons. The van der Waals surface area contributed by atoms with E-state index in [1.54, 1.807) is 22.3 Å². The zero-order chi connectivity index (χ0) is 17.4. The van der Waals surface area contributed by atoms with Crippen LogP contribution in [0.25, 0.3) is 0 Å². The van der Waals surface area contributed by atoms with Crippen molar-refractivity contribution in [3.8, 4) is 0 Å². The third-order valence-electron chi connectivity index (χ3n) is 5.45. The molecule has 3 heterocycles. The van der Waals surface area contributed by atoms with Crippen LogP contribution in [0.1, 0.15) is 12.0 Å². The zero-order valence-electron chi connectivity index (χ0n) is 14.3. The van der Waals surface area contributed by atoms with Gasteiger partial charge < -0.3 is 4.90 Å². The maximum Gasteiger partial charge on any atom is 0.241 e. The molecule has 1 amide bonds. The summed E-state index contributed by atoms with van der Waals surface area (Å²) in [5.74, 6) is -0.265. The number of thiophene rings is 1. The van der Waals surface area contributed by atoms with Crippen LogP contribution in [-0.4, -0.2) is 54.5 Å². The smallest absolute Gasteiger partial charge is 0.241 e. The standard InChI is InChI=1S/C19H22FN3OS/c1-21-11-18(24)23(17-4-2-3-16(20)9-17)14-19(21)6-7-22(13-19)10-15-5-8-25-12-15/h2-5,8-9,12H,6-7,10-11,13-14H2,1H3/t19-/m0/s1. The first-order valence-corrected chi connectivity index (χ1v) is 9.51. The second kappa shape index (κ2) is 6.52. The molecule has 0 aliphatic carbocycles. The molecular formula is C19H22FN3OS. The Kier molecular flexibility index (Phi) is 4.35. The van der Waals surface area contributed by atoms with E-state index >= 15 is 0 Å². The van der Waals surface area contributed by atoms with Crippen molar-refractivity contribution in [2.24, 2.45) is 0 Å². The maximum atomic E-state index is 13.6. The lowest BCUT2D eigenvalue weighted by Crippen LogP contribution is -2.64. The molecule has 0 bridgehead atoms. The topological polar surface area (TPSA) is 26.8 Å². The summed E-state index contributed by atoms with van der Waals surface area (Å²) >= 11 is 1.72.